The van der Waals surface area contributed by atoms with Crippen LogP contribution in [0.4, 0.5) is 5.69 Å². The zero-order valence-corrected chi connectivity index (χ0v) is 12.6. The number of amides is 1. The molecule has 2 aromatic heterocycles. The van der Waals surface area contributed by atoms with Crippen molar-refractivity contribution in [3.8, 4) is 0 Å². The molecule has 1 aliphatic heterocycles. The molecule has 0 spiro atoms. The molecule has 3 heterocycles. The topological polar surface area (TPSA) is 42.0 Å². The van der Waals surface area contributed by atoms with E-state index in [1.54, 1.807) is 11.3 Å². The molecule has 3 nitrogen and oxygen atoms in total. The molecule has 2 aromatic rings. The van der Waals surface area contributed by atoms with Gasteiger partial charge in [-0.05, 0) is 50.1 Å². The van der Waals surface area contributed by atoms with Gasteiger partial charge in [0.25, 0.3) is 5.91 Å². The number of thiophene rings is 1. The highest BCUT2D eigenvalue weighted by atomic mass is 32.1. The number of aromatic nitrogens is 1. The fourth-order valence-corrected chi connectivity index (χ4v) is 3.47. The lowest BCUT2D eigenvalue weighted by molar-refractivity contribution is -0.110. The van der Waals surface area contributed by atoms with E-state index in [2.05, 4.69) is 30.2 Å². The molecule has 0 radical (unpaired) electrons. The van der Waals surface area contributed by atoms with Crippen molar-refractivity contribution >= 4 is 34.6 Å². The fourth-order valence-electron chi connectivity index (χ4n) is 2.40. The molecule has 0 saturated carbocycles. The van der Waals surface area contributed by atoms with Gasteiger partial charge >= 0.3 is 0 Å². The van der Waals surface area contributed by atoms with Gasteiger partial charge in [0.2, 0.25) is 0 Å². The Bertz CT molecular complexity index is 728. The van der Waals surface area contributed by atoms with Crippen LogP contribution in [-0.2, 0) is 11.2 Å². The summed E-state index contributed by atoms with van der Waals surface area (Å²) in [5, 5.41) is 2.87. The summed E-state index contributed by atoms with van der Waals surface area (Å²) in [7, 11) is 0. The normalized spacial score (nSPS) is 15.6. The van der Waals surface area contributed by atoms with E-state index in [0.717, 1.165) is 28.4 Å². The Kier molecular flexibility index (Phi) is 3.18. The molecule has 0 aliphatic carbocycles. The molecule has 4 heteroatoms. The number of nitrogens with zero attached hydrogens (tertiary/aromatic N) is 1. The number of carbonyl (C=O) groups excluding carboxylic acids is 1. The molecule has 3 rings (SSSR count). The molecule has 0 fully saturated rings. The second-order valence-electron chi connectivity index (χ2n) is 4.97. The summed E-state index contributed by atoms with van der Waals surface area (Å²) in [6, 6.07) is 5.96. The zero-order valence-electron chi connectivity index (χ0n) is 11.8. The first-order chi connectivity index (χ1) is 9.58. The molecular formula is C16H16N2OS. The zero-order chi connectivity index (χ0) is 14.3. The van der Waals surface area contributed by atoms with E-state index < -0.39 is 0 Å². The van der Waals surface area contributed by atoms with Gasteiger partial charge in [0.1, 0.15) is 0 Å². The van der Waals surface area contributed by atoms with Crippen LogP contribution in [0.1, 0.15) is 33.6 Å². The van der Waals surface area contributed by atoms with Gasteiger partial charge in [-0.2, -0.15) is 0 Å². The number of pyridine rings is 1. The summed E-state index contributed by atoms with van der Waals surface area (Å²) >= 11 is 1.74. The summed E-state index contributed by atoms with van der Waals surface area (Å²) in [6.45, 7) is 6.20. The molecular weight excluding hydrogens is 268 g/mol. The minimum absolute atomic E-state index is 0.0674. The number of anilines is 1. The number of hydrogen-bond acceptors (Lipinski definition) is 3. The SMILES string of the molecule is CCc1sc(C=C2C(=O)Nc3ccc(C)nc32)cc1C. The first kappa shape index (κ1) is 13.1. The predicted molar refractivity (Wildman–Crippen MR) is 83.9 cm³/mol. The van der Waals surface area contributed by atoms with Crippen LogP contribution in [0.3, 0.4) is 0 Å². The summed E-state index contributed by atoms with van der Waals surface area (Å²) in [6.07, 6.45) is 2.98. The van der Waals surface area contributed by atoms with Crippen molar-refractivity contribution in [3.63, 3.8) is 0 Å². The van der Waals surface area contributed by atoms with Crippen molar-refractivity contribution in [3.05, 3.63) is 44.9 Å². The molecule has 0 bridgehead atoms. The van der Waals surface area contributed by atoms with E-state index in [0.29, 0.717) is 5.57 Å². The van der Waals surface area contributed by atoms with E-state index in [1.807, 2.05) is 25.1 Å². The van der Waals surface area contributed by atoms with Gasteiger partial charge in [-0.25, -0.2) is 0 Å². The molecule has 1 amide bonds. The molecule has 0 saturated heterocycles. The Balaban J connectivity index is 2.07. The maximum absolute atomic E-state index is 12.1. The lowest BCUT2D eigenvalue weighted by Gasteiger charge is -1.98. The Labute approximate surface area is 122 Å². The number of hydrogen-bond donors (Lipinski definition) is 1. The minimum atomic E-state index is -0.0674. The average molecular weight is 284 g/mol. The number of carbonyl (C=O) groups is 1. The molecule has 0 atom stereocenters. The Morgan fingerprint density at radius 3 is 2.85 bits per heavy atom. The third kappa shape index (κ3) is 2.16. The third-order valence-electron chi connectivity index (χ3n) is 3.43. The average Bonchev–Trinajstić information content (AvgIpc) is 2.91. The van der Waals surface area contributed by atoms with E-state index in [4.69, 9.17) is 0 Å². The molecule has 20 heavy (non-hydrogen) atoms. The number of rotatable bonds is 2. The highest BCUT2D eigenvalue weighted by Gasteiger charge is 2.25. The smallest absolute Gasteiger partial charge is 0.258 e. The van der Waals surface area contributed by atoms with Crippen LogP contribution in [0.2, 0.25) is 0 Å². The molecule has 1 N–H and O–H groups in total. The highest BCUT2D eigenvalue weighted by Crippen LogP contribution is 2.33. The van der Waals surface area contributed by atoms with Crippen LogP contribution in [-0.4, -0.2) is 10.9 Å². The largest absolute Gasteiger partial charge is 0.320 e. The van der Waals surface area contributed by atoms with Crippen LogP contribution in [0.25, 0.3) is 11.6 Å². The van der Waals surface area contributed by atoms with Gasteiger partial charge < -0.3 is 5.32 Å². The monoisotopic (exact) mass is 284 g/mol. The first-order valence-corrected chi connectivity index (χ1v) is 7.50. The lowest BCUT2D eigenvalue weighted by atomic mass is 10.1. The van der Waals surface area contributed by atoms with Crippen molar-refractivity contribution in [2.75, 3.05) is 5.32 Å². The van der Waals surface area contributed by atoms with Crippen molar-refractivity contribution in [2.45, 2.75) is 27.2 Å². The van der Waals surface area contributed by atoms with Crippen LogP contribution in [0.5, 0.6) is 0 Å². The lowest BCUT2D eigenvalue weighted by Crippen LogP contribution is -2.03. The van der Waals surface area contributed by atoms with Crippen LogP contribution in [0, 0.1) is 13.8 Å². The number of fused-ring (bicyclic) bond motifs is 1. The Hall–Kier alpha value is -1.94. The first-order valence-electron chi connectivity index (χ1n) is 6.69. The molecule has 102 valence electrons. The van der Waals surface area contributed by atoms with E-state index in [9.17, 15) is 4.79 Å². The summed E-state index contributed by atoms with van der Waals surface area (Å²) < 4.78 is 0. The van der Waals surface area contributed by atoms with Crippen LogP contribution in [0.15, 0.2) is 18.2 Å². The number of nitrogens with one attached hydrogen (secondary N) is 1. The molecule has 0 aromatic carbocycles. The van der Waals surface area contributed by atoms with Gasteiger partial charge in [-0.3, -0.25) is 9.78 Å². The summed E-state index contributed by atoms with van der Waals surface area (Å²) in [5.74, 6) is -0.0674. The van der Waals surface area contributed by atoms with Gasteiger partial charge in [0, 0.05) is 15.4 Å². The standard InChI is InChI=1S/C16H16N2OS/c1-4-14-9(2)7-11(20-14)8-12-15-13(18-16(12)19)6-5-10(3)17-15/h5-8H,4H2,1-3H3,(H,18,19). The predicted octanol–water partition coefficient (Wildman–Crippen LogP) is 3.82. The second-order valence-corrected chi connectivity index (χ2v) is 6.14. The maximum Gasteiger partial charge on any atom is 0.258 e. The molecule has 1 aliphatic rings. The summed E-state index contributed by atoms with van der Waals surface area (Å²) in [5.41, 5.74) is 4.44. The van der Waals surface area contributed by atoms with Crippen LogP contribution < -0.4 is 5.32 Å². The van der Waals surface area contributed by atoms with Gasteiger partial charge in [0.05, 0.1) is 17.0 Å². The Morgan fingerprint density at radius 1 is 1.35 bits per heavy atom. The van der Waals surface area contributed by atoms with E-state index >= 15 is 0 Å². The Morgan fingerprint density at radius 2 is 2.15 bits per heavy atom. The van der Waals surface area contributed by atoms with Crippen LogP contribution >= 0.6 is 11.3 Å². The van der Waals surface area contributed by atoms with Crippen molar-refractivity contribution in [1.82, 2.24) is 4.98 Å². The van der Waals surface area contributed by atoms with Gasteiger partial charge in [0.15, 0.2) is 0 Å². The maximum atomic E-state index is 12.1. The second kappa shape index (κ2) is 4.87. The van der Waals surface area contributed by atoms with E-state index in [1.165, 1.54) is 10.4 Å². The highest BCUT2D eigenvalue weighted by molar-refractivity contribution is 7.13. The van der Waals surface area contributed by atoms with Crippen molar-refractivity contribution in [2.24, 2.45) is 0 Å². The minimum Gasteiger partial charge on any atom is -0.320 e. The van der Waals surface area contributed by atoms with Crippen molar-refractivity contribution in [1.29, 1.82) is 0 Å². The quantitative estimate of drug-likeness (QED) is 0.852. The van der Waals surface area contributed by atoms with Crippen molar-refractivity contribution < 1.29 is 4.79 Å². The number of aryl methyl sites for hydroxylation is 3. The van der Waals surface area contributed by atoms with E-state index in [-0.39, 0.29) is 5.91 Å². The molecule has 0 unspecified atom stereocenters. The third-order valence-corrected chi connectivity index (χ3v) is 4.76. The van der Waals surface area contributed by atoms with Gasteiger partial charge in [-0.1, -0.05) is 6.92 Å². The fraction of sp³-hybridized carbons (Fsp3) is 0.250. The summed E-state index contributed by atoms with van der Waals surface area (Å²) in [4.78, 5) is 19.1. The van der Waals surface area contributed by atoms with Gasteiger partial charge in [-0.15, -0.1) is 11.3 Å².